The summed E-state index contributed by atoms with van der Waals surface area (Å²) < 4.78 is 0. The van der Waals surface area contributed by atoms with Gasteiger partial charge in [0, 0.05) is 11.8 Å². The van der Waals surface area contributed by atoms with E-state index >= 15 is 0 Å². The lowest BCUT2D eigenvalue weighted by Gasteiger charge is -2.29. The van der Waals surface area contributed by atoms with Crippen molar-refractivity contribution in [3.8, 4) is 0 Å². The van der Waals surface area contributed by atoms with E-state index in [9.17, 15) is 0 Å². The topological polar surface area (TPSA) is 26.0 Å². The van der Waals surface area contributed by atoms with E-state index in [4.69, 9.17) is 5.73 Å². The van der Waals surface area contributed by atoms with Gasteiger partial charge >= 0.3 is 0 Å². The normalized spacial score (nSPS) is 24.8. The van der Waals surface area contributed by atoms with Crippen LogP contribution in [0, 0.1) is 5.92 Å². The molecule has 0 aromatic carbocycles. The fourth-order valence-electron chi connectivity index (χ4n) is 1.02. The van der Waals surface area contributed by atoms with Gasteiger partial charge in [0.2, 0.25) is 0 Å². The summed E-state index contributed by atoms with van der Waals surface area (Å²) in [6, 6.07) is 0. The Balaban J connectivity index is 2.13. The first-order valence-corrected chi connectivity index (χ1v) is 3.74. The number of hydrogen-bond donors (Lipinski definition) is 2. The smallest absolute Gasteiger partial charge is 0.0168 e. The summed E-state index contributed by atoms with van der Waals surface area (Å²) in [5.74, 6) is 0.836. The Bertz CT molecular complexity index is 68.2. The van der Waals surface area contributed by atoms with Crippen LogP contribution < -0.4 is 5.73 Å². The van der Waals surface area contributed by atoms with Gasteiger partial charge in [-0.1, -0.05) is 6.42 Å². The van der Waals surface area contributed by atoms with E-state index in [0.717, 1.165) is 12.5 Å². The van der Waals surface area contributed by atoms with Gasteiger partial charge in [-0.05, 0) is 18.8 Å². The van der Waals surface area contributed by atoms with Crippen molar-refractivity contribution in [2.24, 2.45) is 11.7 Å². The molecule has 1 fully saturated rings. The minimum Gasteiger partial charge on any atom is -0.329 e. The molecule has 0 bridgehead atoms. The first-order chi connectivity index (χ1) is 3.84. The quantitative estimate of drug-likeness (QED) is 0.538. The molecule has 2 heteroatoms. The van der Waals surface area contributed by atoms with Crippen molar-refractivity contribution in [1.82, 2.24) is 0 Å². The molecule has 0 aromatic rings. The van der Waals surface area contributed by atoms with Crippen LogP contribution in [0.4, 0.5) is 0 Å². The molecule has 0 saturated heterocycles. The Morgan fingerprint density at radius 3 is 2.38 bits per heavy atom. The van der Waals surface area contributed by atoms with Crippen molar-refractivity contribution in [2.75, 3.05) is 6.54 Å². The van der Waals surface area contributed by atoms with Gasteiger partial charge in [0.05, 0.1) is 0 Å². The Morgan fingerprint density at radius 1 is 1.62 bits per heavy atom. The maximum Gasteiger partial charge on any atom is 0.0168 e. The second kappa shape index (κ2) is 2.74. The van der Waals surface area contributed by atoms with E-state index in [0.29, 0.717) is 5.25 Å². The van der Waals surface area contributed by atoms with E-state index < -0.39 is 0 Å². The molecule has 48 valence electrons. The molecule has 0 amide bonds. The van der Waals surface area contributed by atoms with Crippen molar-refractivity contribution in [1.29, 1.82) is 0 Å². The van der Waals surface area contributed by atoms with Gasteiger partial charge in [-0.2, -0.15) is 12.6 Å². The van der Waals surface area contributed by atoms with Crippen molar-refractivity contribution >= 4 is 12.6 Å². The summed E-state index contributed by atoms with van der Waals surface area (Å²) in [5.41, 5.74) is 5.41. The van der Waals surface area contributed by atoms with E-state index in [1.165, 1.54) is 19.3 Å². The molecule has 8 heavy (non-hydrogen) atoms. The molecule has 1 saturated carbocycles. The standard InChI is InChI=1S/C6H13NS/c7-4-6(8)5-2-1-3-5/h5-6,8H,1-4,7H2. The molecule has 1 atom stereocenters. The van der Waals surface area contributed by atoms with Crippen LogP contribution in [0.5, 0.6) is 0 Å². The summed E-state index contributed by atoms with van der Waals surface area (Å²) in [6.45, 7) is 0.744. The van der Waals surface area contributed by atoms with Crippen molar-refractivity contribution in [3.63, 3.8) is 0 Å². The SMILES string of the molecule is NCC(S)C1CCC1. The molecule has 0 radical (unpaired) electrons. The summed E-state index contributed by atoms with van der Waals surface area (Å²) >= 11 is 4.33. The lowest BCUT2D eigenvalue weighted by atomic mass is 9.83. The van der Waals surface area contributed by atoms with Crippen LogP contribution in [0.1, 0.15) is 19.3 Å². The number of rotatable bonds is 2. The summed E-state index contributed by atoms with van der Waals surface area (Å²) in [7, 11) is 0. The zero-order valence-corrected chi connectivity index (χ0v) is 5.90. The van der Waals surface area contributed by atoms with E-state index in [1.807, 2.05) is 0 Å². The highest BCUT2D eigenvalue weighted by Gasteiger charge is 2.22. The molecule has 0 aliphatic heterocycles. The Kier molecular flexibility index (Phi) is 2.20. The number of thiol groups is 1. The van der Waals surface area contributed by atoms with Gasteiger partial charge in [-0.25, -0.2) is 0 Å². The third-order valence-corrected chi connectivity index (χ3v) is 2.57. The monoisotopic (exact) mass is 131 g/mol. The first-order valence-electron chi connectivity index (χ1n) is 3.22. The van der Waals surface area contributed by atoms with Crippen LogP contribution in [0.3, 0.4) is 0 Å². The second-order valence-electron chi connectivity index (χ2n) is 2.49. The lowest BCUT2D eigenvalue weighted by molar-refractivity contribution is 0.310. The van der Waals surface area contributed by atoms with Crippen LogP contribution in [0.25, 0.3) is 0 Å². The summed E-state index contributed by atoms with van der Waals surface area (Å²) in [5, 5.41) is 0.476. The van der Waals surface area contributed by atoms with Gasteiger partial charge < -0.3 is 5.73 Å². The fraction of sp³-hybridized carbons (Fsp3) is 1.00. The van der Waals surface area contributed by atoms with Gasteiger partial charge in [0.15, 0.2) is 0 Å². The van der Waals surface area contributed by atoms with E-state index in [1.54, 1.807) is 0 Å². The number of hydrogen-bond acceptors (Lipinski definition) is 2. The highest BCUT2D eigenvalue weighted by atomic mass is 32.1. The predicted molar refractivity (Wildman–Crippen MR) is 39.2 cm³/mol. The minimum absolute atomic E-state index is 0.476. The molecule has 1 aliphatic rings. The highest BCUT2D eigenvalue weighted by Crippen LogP contribution is 2.31. The number of nitrogens with two attached hydrogens (primary N) is 1. The largest absolute Gasteiger partial charge is 0.329 e. The van der Waals surface area contributed by atoms with Crippen LogP contribution in [-0.4, -0.2) is 11.8 Å². The molecule has 2 N–H and O–H groups in total. The lowest BCUT2D eigenvalue weighted by Crippen LogP contribution is -2.28. The maximum absolute atomic E-state index is 5.41. The highest BCUT2D eigenvalue weighted by molar-refractivity contribution is 7.81. The van der Waals surface area contributed by atoms with Crippen molar-refractivity contribution in [3.05, 3.63) is 0 Å². The molecule has 0 aromatic heterocycles. The molecular weight excluding hydrogens is 118 g/mol. The second-order valence-corrected chi connectivity index (χ2v) is 3.16. The van der Waals surface area contributed by atoms with Gasteiger partial charge in [-0.15, -0.1) is 0 Å². The van der Waals surface area contributed by atoms with Crippen LogP contribution in [0.2, 0.25) is 0 Å². The van der Waals surface area contributed by atoms with Crippen LogP contribution >= 0.6 is 12.6 Å². The Hall–Kier alpha value is 0.310. The molecular formula is C6H13NS. The molecule has 1 nitrogen and oxygen atoms in total. The maximum atomic E-state index is 5.41. The fourth-order valence-corrected chi connectivity index (χ4v) is 1.32. The van der Waals surface area contributed by atoms with Gasteiger partial charge in [0.25, 0.3) is 0 Å². The van der Waals surface area contributed by atoms with Crippen molar-refractivity contribution in [2.45, 2.75) is 24.5 Å². The predicted octanol–water partition coefficient (Wildman–Crippen LogP) is 1.04. The van der Waals surface area contributed by atoms with Crippen LogP contribution in [-0.2, 0) is 0 Å². The van der Waals surface area contributed by atoms with Crippen LogP contribution in [0.15, 0.2) is 0 Å². The van der Waals surface area contributed by atoms with E-state index in [-0.39, 0.29) is 0 Å². The Morgan fingerprint density at radius 2 is 2.25 bits per heavy atom. The van der Waals surface area contributed by atoms with Gasteiger partial charge in [-0.3, -0.25) is 0 Å². The molecule has 0 heterocycles. The molecule has 0 spiro atoms. The van der Waals surface area contributed by atoms with Gasteiger partial charge in [0.1, 0.15) is 0 Å². The average Bonchev–Trinajstić information content (AvgIpc) is 1.62. The zero-order valence-electron chi connectivity index (χ0n) is 5.01. The third-order valence-electron chi connectivity index (χ3n) is 1.94. The molecule has 1 aliphatic carbocycles. The minimum atomic E-state index is 0.476. The molecule has 1 rings (SSSR count). The first kappa shape index (κ1) is 6.43. The third kappa shape index (κ3) is 1.17. The Labute approximate surface area is 56.1 Å². The zero-order chi connectivity index (χ0) is 5.98. The summed E-state index contributed by atoms with van der Waals surface area (Å²) in [6.07, 6.45) is 4.10. The molecule has 1 unspecified atom stereocenters. The van der Waals surface area contributed by atoms with Crippen molar-refractivity contribution < 1.29 is 0 Å². The average molecular weight is 131 g/mol. The summed E-state index contributed by atoms with van der Waals surface area (Å²) in [4.78, 5) is 0. The van der Waals surface area contributed by atoms with E-state index in [2.05, 4.69) is 12.6 Å².